The highest BCUT2D eigenvalue weighted by Gasteiger charge is 2.50. The van der Waals surface area contributed by atoms with Gasteiger partial charge in [-0.2, -0.15) is 0 Å². The van der Waals surface area contributed by atoms with Crippen molar-refractivity contribution in [3.8, 4) is 0 Å². The molecule has 1 heterocycles. The lowest BCUT2D eigenvalue weighted by molar-refractivity contribution is 0.273. The fraction of sp³-hybridized carbons (Fsp3) is 0.900. The second-order valence-electron chi connectivity index (χ2n) is 4.46. The first-order valence-electron chi connectivity index (χ1n) is 5.07. The fourth-order valence-electron chi connectivity index (χ4n) is 3.15. The van der Waals surface area contributed by atoms with Crippen molar-refractivity contribution in [3.63, 3.8) is 0 Å². The van der Waals surface area contributed by atoms with Crippen LogP contribution in [0, 0.1) is 11.3 Å². The van der Waals surface area contributed by atoms with Gasteiger partial charge in [-0.15, -0.1) is 0 Å². The van der Waals surface area contributed by atoms with E-state index in [1.807, 2.05) is 0 Å². The highest BCUT2D eigenvalue weighted by atomic mass is 16.5. The van der Waals surface area contributed by atoms with Gasteiger partial charge in [-0.05, 0) is 38.0 Å². The average molecular weight is 165 g/mol. The summed E-state index contributed by atoms with van der Waals surface area (Å²) in [5.41, 5.74) is 0.418. The zero-order valence-electron chi connectivity index (χ0n) is 7.38. The van der Waals surface area contributed by atoms with Crippen molar-refractivity contribution in [2.24, 2.45) is 16.3 Å². The third-order valence-electron chi connectivity index (χ3n) is 3.78. The first kappa shape index (κ1) is 6.93. The number of nitrogens with zero attached hydrogens (tertiary/aromatic N) is 1. The molecule has 1 aliphatic heterocycles. The molecule has 0 aromatic rings. The predicted molar refractivity (Wildman–Crippen MR) is 47.3 cm³/mol. The molecule has 0 aromatic heterocycles. The number of hydrogen-bond acceptors (Lipinski definition) is 2. The fourth-order valence-corrected chi connectivity index (χ4v) is 3.15. The standard InChI is InChI=1S/C10H15NO/c1-3-10(4-2-8(1)7-10)9-11-5-6-12-9/h8H,1-7H2. The number of aliphatic imine (C=N–C) groups is 1. The van der Waals surface area contributed by atoms with E-state index in [4.69, 9.17) is 4.74 Å². The minimum atomic E-state index is 0.418. The van der Waals surface area contributed by atoms with Crippen LogP contribution < -0.4 is 0 Å². The van der Waals surface area contributed by atoms with Crippen LogP contribution in [-0.4, -0.2) is 19.0 Å². The average Bonchev–Trinajstić information content (AvgIpc) is 2.82. The molecule has 0 spiro atoms. The highest BCUT2D eigenvalue weighted by Crippen LogP contribution is 2.55. The van der Waals surface area contributed by atoms with E-state index in [2.05, 4.69) is 4.99 Å². The van der Waals surface area contributed by atoms with Crippen molar-refractivity contribution in [2.45, 2.75) is 32.1 Å². The van der Waals surface area contributed by atoms with Gasteiger partial charge in [0.15, 0.2) is 5.90 Å². The Hall–Kier alpha value is -0.530. The minimum Gasteiger partial charge on any atom is -0.479 e. The normalized spacial score (nSPS) is 44.7. The van der Waals surface area contributed by atoms with Gasteiger partial charge in [-0.1, -0.05) is 0 Å². The lowest BCUT2D eigenvalue weighted by Crippen LogP contribution is -2.26. The number of fused-ring (bicyclic) bond motifs is 2. The van der Waals surface area contributed by atoms with E-state index in [9.17, 15) is 0 Å². The third-order valence-corrected chi connectivity index (χ3v) is 3.78. The molecule has 12 heavy (non-hydrogen) atoms. The minimum absolute atomic E-state index is 0.418. The van der Waals surface area contributed by atoms with Gasteiger partial charge in [0.2, 0.25) is 0 Å². The molecule has 3 rings (SSSR count). The van der Waals surface area contributed by atoms with Crippen molar-refractivity contribution in [1.82, 2.24) is 0 Å². The Bertz CT molecular complexity index is 226. The number of rotatable bonds is 1. The van der Waals surface area contributed by atoms with Crippen molar-refractivity contribution >= 4 is 5.90 Å². The van der Waals surface area contributed by atoms with Crippen LogP contribution in [0.5, 0.6) is 0 Å². The van der Waals surface area contributed by atoms with Gasteiger partial charge in [0, 0.05) is 5.41 Å². The van der Waals surface area contributed by atoms with Gasteiger partial charge in [0.1, 0.15) is 6.61 Å². The van der Waals surface area contributed by atoms with Crippen LogP contribution in [0.25, 0.3) is 0 Å². The summed E-state index contributed by atoms with van der Waals surface area (Å²) < 4.78 is 5.61. The second-order valence-corrected chi connectivity index (χ2v) is 4.46. The predicted octanol–water partition coefficient (Wildman–Crippen LogP) is 2.00. The molecule has 0 N–H and O–H groups in total. The quantitative estimate of drug-likeness (QED) is 0.582. The Morgan fingerprint density at radius 1 is 1.33 bits per heavy atom. The zero-order chi connectivity index (χ0) is 8.02. The molecule has 2 saturated carbocycles. The third kappa shape index (κ3) is 0.782. The summed E-state index contributed by atoms with van der Waals surface area (Å²) in [5.74, 6) is 2.11. The summed E-state index contributed by atoms with van der Waals surface area (Å²) >= 11 is 0. The molecule has 0 radical (unpaired) electrons. The molecule has 0 unspecified atom stereocenters. The summed E-state index contributed by atoms with van der Waals surface area (Å²) in [6, 6.07) is 0. The Kier molecular flexibility index (Phi) is 1.29. The van der Waals surface area contributed by atoms with Crippen molar-refractivity contribution < 1.29 is 4.74 Å². The highest BCUT2D eigenvalue weighted by molar-refractivity contribution is 5.84. The van der Waals surface area contributed by atoms with E-state index in [1.54, 1.807) is 0 Å². The van der Waals surface area contributed by atoms with E-state index in [-0.39, 0.29) is 0 Å². The monoisotopic (exact) mass is 165 g/mol. The zero-order valence-corrected chi connectivity index (χ0v) is 7.38. The van der Waals surface area contributed by atoms with Crippen molar-refractivity contribution in [3.05, 3.63) is 0 Å². The maximum Gasteiger partial charge on any atom is 0.189 e. The number of ether oxygens (including phenoxy) is 1. The molecular weight excluding hydrogens is 150 g/mol. The van der Waals surface area contributed by atoms with Crippen LogP contribution in [0.2, 0.25) is 0 Å². The summed E-state index contributed by atoms with van der Waals surface area (Å²) in [6.45, 7) is 1.74. The molecule has 0 amide bonds. The molecule has 2 heteroatoms. The van der Waals surface area contributed by atoms with Crippen LogP contribution in [0.3, 0.4) is 0 Å². The lowest BCUT2D eigenvalue weighted by atomic mass is 9.84. The summed E-state index contributed by atoms with van der Waals surface area (Å²) in [6.07, 6.45) is 6.89. The smallest absolute Gasteiger partial charge is 0.189 e. The molecule has 66 valence electrons. The van der Waals surface area contributed by atoms with Gasteiger partial charge < -0.3 is 4.74 Å². The molecule has 0 saturated heterocycles. The summed E-state index contributed by atoms with van der Waals surface area (Å²) in [4.78, 5) is 4.48. The van der Waals surface area contributed by atoms with E-state index in [0.29, 0.717) is 5.41 Å². The van der Waals surface area contributed by atoms with E-state index < -0.39 is 0 Å². The van der Waals surface area contributed by atoms with Gasteiger partial charge >= 0.3 is 0 Å². The van der Waals surface area contributed by atoms with E-state index in [0.717, 1.165) is 25.0 Å². The molecule has 0 aromatic carbocycles. The van der Waals surface area contributed by atoms with Crippen LogP contribution in [0.1, 0.15) is 32.1 Å². The van der Waals surface area contributed by atoms with Gasteiger partial charge in [0.05, 0.1) is 6.54 Å². The first-order valence-corrected chi connectivity index (χ1v) is 5.07. The maximum absolute atomic E-state index is 5.61. The van der Waals surface area contributed by atoms with E-state index >= 15 is 0 Å². The van der Waals surface area contributed by atoms with Crippen LogP contribution in [-0.2, 0) is 4.74 Å². The summed E-state index contributed by atoms with van der Waals surface area (Å²) in [7, 11) is 0. The van der Waals surface area contributed by atoms with Crippen molar-refractivity contribution in [2.75, 3.05) is 13.2 Å². The van der Waals surface area contributed by atoms with Crippen LogP contribution in [0.4, 0.5) is 0 Å². The number of hydrogen-bond donors (Lipinski definition) is 0. The van der Waals surface area contributed by atoms with E-state index in [1.165, 1.54) is 32.1 Å². The SMILES string of the molecule is C1COC(C23CCC(CC2)C3)=N1. The van der Waals surface area contributed by atoms with Crippen LogP contribution >= 0.6 is 0 Å². The molecule has 2 fully saturated rings. The summed E-state index contributed by atoms with van der Waals surface area (Å²) in [5, 5.41) is 0. The van der Waals surface area contributed by atoms with Gasteiger partial charge in [0.25, 0.3) is 0 Å². The Labute approximate surface area is 73.0 Å². The molecular formula is C10H15NO. The Balaban J connectivity index is 1.90. The second kappa shape index (κ2) is 2.24. The topological polar surface area (TPSA) is 21.6 Å². The molecule has 3 aliphatic rings. The molecule has 2 nitrogen and oxygen atoms in total. The lowest BCUT2D eigenvalue weighted by Gasteiger charge is -2.25. The van der Waals surface area contributed by atoms with Crippen molar-refractivity contribution in [1.29, 1.82) is 0 Å². The Morgan fingerprint density at radius 3 is 2.67 bits per heavy atom. The molecule has 0 atom stereocenters. The van der Waals surface area contributed by atoms with Crippen LogP contribution in [0.15, 0.2) is 4.99 Å². The first-order chi connectivity index (χ1) is 5.89. The van der Waals surface area contributed by atoms with Gasteiger partial charge in [-0.25, -0.2) is 0 Å². The van der Waals surface area contributed by atoms with Gasteiger partial charge in [-0.3, -0.25) is 4.99 Å². The molecule has 2 aliphatic carbocycles. The molecule has 2 bridgehead atoms. The maximum atomic E-state index is 5.61. The Morgan fingerprint density at radius 2 is 2.17 bits per heavy atom. The largest absolute Gasteiger partial charge is 0.479 e.